The van der Waals surface area contributed by atoms with Crippen LogP contribution in [0.4, 0.5) is 0 Å². The molecule has 0 spiro atoms. The quantitative estimate of drug-likeness (QED) is 0.732. The number of ether oxygens (including phenoxy) is 1. The lowest BCUT2D eigenvalue weighted by molar-refractivity contribution is -0.143. The molecule has 0 aliphatic heterocycles. The molecular formula is C11H21NO2S. The maximum absolute atomic E-state index is 11.4. The fourth-order valence-corrected chi connectivity index (χ4v) is 2.88. The number of carbonyl (C=O) groups excluding carboxylic acids is 1. The largest absolute Gasteiger partial charge is 0.468 e. The molecule has 0 heterocycles. The van der Waals surface area contributed by atoms with Gasteiger partial charge in [-0.15, -0.1) is 0 Å². The molecule has 0 aromatic carbocycles. The summed E-state index contributed by atoms with van der Waals surface area (Å²) in [6.45, 7) is 2.01. The van der Waals surface area contributed by atoms with E-state index in [0.717, 1.165) is 11.7 Å². The van der Waals surface area contributed by atoms with Crippen LogP contribution in [0.25, 0.3) is 0 Å². The molecule has 0 saturated heterocycles. The van der Waals surface area contributed by atoms with Crippen molar-refractivity contribution in [1.82, 2.24) is 5.32 Å². The summed E-state index contributed by atoms with van der Waals surface area (Å²) in [4.78, 5) is 11.4. The van der Waals surface area contributed by atoms with Crippen molar-refractivity contribution in [2.45, 2.75) is 49.9 Å². The SMILES string of the molecule is CCC(NC1CCC(SC)C1)C(=O)OC. The summed E-state index contributed by atoms with van der Waals surface area (Å²) in [5, 5.41) is 4.15. The topological polar surface area (TPSA) is 38.3 Å². The molecule has 1 aliphatic rings. The fourth-order valence-electron chi connectivity index (χ4n) is 2.08. The molecule has 1 aliphatic carbocycles. The van der Waals surface area contributed by atoms with Gasteiger partial charge in [-0.25, -0.2) is 0 Å². The third-order valence-electron chi connectivity index (χ3n) is 3.05. The molecule has 1 N–H and O–H groups in total. The average Bonchev–Trinajstić information content (AvgIpc) is 2.72. The van der Waals surface area contributed by atoms with E-state index in [9.17, 15) is 4.79 Å². The maximum atomic E-state index is 11.4. The third kappa shape index (κ3) is 3.68. The van der Waals surface area contributed by atoms with Gasteiger partial charge in [0.2, 0.25) is 0 Å². The number of hydrogen-bond acceptors (Lipinski definition) is 4. The lowest BCUT2D eigenvalue weighted by Gasteiger charge is -2.19. The first kappa shape index (κ1) is 12.8. The first-order valence-electron chi connectivity index (χ1n) is 5.57. The first-order chi connectivity index (χ1) is 7.21. The van der Waals surface area contributed by atoms with E-state index in [0.29, 0.717) is 6.04 Å². The molecule has 88 valence electrons. The number of esters is 1. The van der Waals surface area contributed by atoms with Crippen molar-refractivity contribution in [2.24, 2.45) is 0 Å². The third-order valence-corrected chi connectivity index (χ3v) is 4.14. The van der Waals surface area contributed by atoms with Crippen molar-refractivity contribution in [3.05, 3.63) is 0 Å². The summed E-state index contributed by atoms with van der Waals surface area (Å²) in [6, 6.07) is 0.368. The summed E-state index contributed by atoms with van der Waals surface area (Å²) in [7, 11) is 1.45. The van der Waals surface area contributed by atoms with Crippen LogP contribution in [0.2, 0.25) is 0 Å². The Labute approximate surface area is 96.3 Å². The van der Waals surface area contributed by atoms with Crippen molar-refractivity contribution in [2.75, 3.05) is 13.4 Å². The number of methoxy groups -OCH3 is 1. The Morgan fingerprint density at radius 1 is 1.60 bits per heavy atom. The molecular weight excluding hydrogens is 210 g/mol. The van der Waals surface area contributed by atoms with E-state index in [-0.39, 0.29) is 12.0 Å². The van der Waals surface area contributed by atoms with E-state index >= 15 is 0 Å². The van der Waals surface area contributed by atoms with E-state index in [1.54, 1.807) is 0 Å². The number of rotatable bonds is 5. The van der Waals surface area contributed by atoms with E-state index in [4.69, 9.17) is 4.74 Å². The van der Waals surface area contributed by atoms with E-state index in [1.807, 2.05) is 18.7 Å². The second-order valence-corrected chi connectivity index (χ2v) is 5.16. The highest BCUT2D eigenvalue weighted by molar-refractivity contribution is 7.99. The highest BCUT2D eigenvalue weighted by Crippen LogP contribution is 2.28. The zero-order chi connectivity index (χ0) is 11.3. The molecule has 0 aromatic heterocycles. The van der Waals surface area contributed by atoms with Crippen LogP contribution in [0.15, 0.2) is 0 Å². The molecule has 0 radical (unpaired) electrons. The van der Waals surface area contributed by atoms with Gasteiger partial charge in [-0.2, -0.15) is 11.8 Å². The van der Waals surface area contributed by atoms with Gasteiger partial charge < -0.3 is 10.1 Å². The van der Waals surface area contributed by atoms with Gasteiger partial charge in [0.1, 0.15) is 6.04 Å². The Balaban J connectivity index is 2.36. The van der Waals surface area contributed by atoms with Crippen LogP contribution in [0.1, 0.15) is 32.6 Å². The second-order valence-electron chi connectivity index (χ2n) is 4.02. The number of carbonyl (C=O) groups is 1. The Kier molecular flexibility index (Phi) is 5.47. The summed E-state index contributed by atoms with van der Waals surface area (Å²) < 4.78 is 4.76. The Morgan fingerprint density at radius 2 is 2.33 bits per heavy atom. The van der Waals surface area contributed by atoms with Crippen molar-refractivity contribution >= 4 is 17.7 Å². The van der Waals surface area contributed by atoms with Crippen molar-refractivity contribution in [3.63, 3.8) is 0 Å². The molecule has 0 aromatic rings. The molecule has 15 heavy (non-hydrogen) atoms. The molecule has 1 saturated carbocycles. The predicted molar refractivity (Wildman–Crippen MR) is 64.2 cm³/mol. The number of nitrogens with one attached hydrogen (secondary N) is 1. The minimum Gasteiger partial charge on any atom is -0.468 e. The molecule has 3 unspecified atom stereocenters. The van der Waals surface area contributed by atoms with Gasteiger partial charge in [0.25, 0.3) is 0 Å². The summed E-state index contributed by atoms with van der Waals surface area (Å²) in [5.74, 6) is -0.134. The van der Waals surface area contributed by atoms with E-state index < -0.39 is 0 Å². The van der Waals surface area contributed by atoms with Crippen LogP contribution in [0, 0.1) is 0 Å². The van der Waals surface area contributed by atoms with Crippen molar-refractivity contribution in [3.8, 4) is 0 Å². The monoisotopic (exact) mass is 231 g/mol. The fraction of sp³-hybridized carbons (Fsp3) is 0.909. The molecule has 0 amide bonds. The molecule has 4 heteroatoms. The van der Waals surface area contributed by atoms with Gasteiger partial charge >= 0.3 is 5.97 Å². The van der Waals surface area contributed by atoms with Crippen LogP contribution < -0.4 is 5.32 Å². The lowest BCUT2D eigenvalue weighted by atomic mass is 10.1. The molecule has 1 rings (SSSR count). The smallest absolute Gasteiger partial charge is 0.322 e. The van der Waals surface area contributed by atoms with Crippen molar-refractivity contribution in [1.29, 1.82) is 0 Å². The van der Waals surface area contributed by atoms with Gasteiger partial charge in [0.15, 0.2) is 0 Å². The van der Waals surface area contributed by atoms with Crippen LogP contribution in [-0.4, -0.2) is 36.7 Å². The molecule has 0 bridgehead atoms. The summed E-state index contributed by atoms with van der Waals surface area (Å²) >= 11 is 1.93. The number of thioether (sulfide) groups is 1. The van der Waals surface area contributed by atoms with E-state index in [1.165, 1.54) is 26.4 Å². The zero-order valence-electron chi connectivity index (χ0n) is 9.79. The highest BCUT2D eigenvalue weighted by Gasteiger charge is 2.27. The number of hydrogen-bond donors (Lipinski definition) is 1. The Bertz CT molecular complexity index is 211. The minimum absolute atomic E-state index is 0.124. The highest BCUT2D eigenvalue weighted by atomic mass is 32.2. The van der Waals surface area contributed by atoms with Gasteiger partial charge in [0, 0.05) is 11.3 Å². The summed E-state index contributed by atoms with van der Waals surface area (Å²) in [5.41, 5.74) is 0. The second kappa shape index (κ2) is 6.38. The van der Waals surface area contributed by atoms with Crippen LogP contribution in [0.5, 0.6) is 0 Å². The molecule has 1 fully saturated rings. The standard InChI is InChI=1S/C11H21NO2S/c1-4-10(11(13)14-2)12-8-5-6-9(7-8)15-3/h8-10,12H,4-7H2,1-3H3. The van der Waals surface area contributed by atoms with Gasteiger partial charge in [-0.1, -0.05) is 6.92 Å². The normalized spacial score (nSPS) is 27.7. The Hall–Kier alpha value is -0.220. The average molecular weight is 231 g/mol. The lowest BCUT2D eigenvalue weighted by Crippen LogP contribution is -2.42. The molecule has 3 nitrogen and oxygen atoms in total. The zero-order valence-corrected chi connectivity index (χ0v) is 10.6. The van der Waals surface area contributed by atoms with Crippen LogP contribution in [0.3, 0.4) is 0 Å². The van der Waals surface area contributed by atoms with Gasteiger partial charge in [0.05, 0.1) is 7.11 Å². The predicted octanol–water partition coefficient (Wildman–Crippen LogP) is 1.81. The first-order valence-corrected chi connectivity index (χ1v) is 6.86. The Morgan fingerprint density at radius 3 is 2.80 bits per heavy atom. The summed E-state index contributed by atoms with van der Waals surface area (Å²) in [6.07, 6.45) is 6.57. The molecule has 3 atom stereocenters. The maximum Gasteiger partial charge on any atom is 0.322 e. The van der Waals surface area contributed by atoms with Gasteiger partial charge in [-0.3, -0.25) is 4.79 Å². The van der Waals surface area contributed by atoms with Gasteiger partial charge in [-0.05, 0) is 31.9 Å². The van der Waals surface area contributed by atoms with Crippen LogP contribution >= 0.6 is 11.8 Å². The minimum atomic E-state index is -0.134. The van der Waals surface area contributed by atoms with Crippen LogP contribution in [-0.2, 0) is 9.53 Å². The van der Waals surface area contributed by atoms with E-state index in [2.05, 4.69) is 11.6 Å². The van der Waals surface area contributed by atoms with Crippen molar-refractivity contribution < 1.29 is 9.53 Å².